The van der Waals surface area contributed by atoms with E-state index in [0.717, 1.165) is 4.88 Å². The van der Waals surface area contributed by atoms with Gasteiger partial charge in [-0.2, -0.15) is 4.39 Å². The van der Waals surface area contributed by atoms with Crippen molar-refractivity contribution in [2.45, 2.75) is 6.92 Å². The van der Waals surface area contributed by atoms with Crippen LogP contribution in [0.2, 0.25) is 0 Å². The quantitative estimate of drug-likeness (QED) is 0.487. The van der Waals surface area contributed by atoms with Gasteiger partial charge in [0, 0.05) is 4.88 Å². The third-order valence-corrected chi connectivity index (χ3v) is 1.50. The smallest absolute Gasteiger partial charge is 0.176 e. The van der Waals surface area contributed by atoms with Crippen LogP contribution in [0.5, 0.6) is 0 Å². The van der Waals surface area contributed by atoms with Gasteiger partial charge in [0.2, 0.25) is 0 Å². The molecule has 1 heterocycles. The molecule has 2 heteroatoms. The molecule has 1 aromatic heterocycles. The first-order chi connectivity index (χ1) is 3.29. The highest BCUT2D eigenvalue weighted by molar-refractivity contribution is 7.10. The van der Waals surface area contributed by atoms with Crippen LogP contribution in [0.25, 0.3) is 0 Å². The van der Waals surface area contributed by atoms with Crippen molar-refractivity contribution >= 4 is 11.3 Å². The van der Waals surface area contributed by atoms with E-state index < -0.39 is 0 Å². The molecule has 7 heavy (non-hydrogen) atoms. The van der Waals surface area contributed by atoms with Crippen LogP contribution in [0.1, 0.15) is 4.88 Å². The zero-order chi connectivity index (χ0) is 5.28. The fraction of sp³-hybridized carbons (Fsp3) is 0.200. The van der Waals surface area contributed by atoms with Crippen molar-refractivity contribution in [1.29, 1.82) is 0 Å². The van der Waals surface area contributed by atoms with Gasteiger partial charge in [0.1, 0.15) is 0 Å². The van der Waals surface area contributed by atoms with Crippen molar-refractivity contribution in [3.05, 3.63) is 22.1 Å². The average molecular weight is 116 g/mol. The summed E-state index contributed by atoms with van der Waals surface area (Å²) in [7, 11) is 0. The molecule has 0 bridgehead atoms. The van der Waals surface area contributed by atoms with Gasteiger partial charge in [-0.05, 0) is 19.1 Å². The molecule has 0 saturated carbocycles. The van der Waals surface area contributed by atoms with Gasteiger partial charge < -0.3 is 0 Å². The van der Waals surface area contributed by atoms with Gasteiger partial charge in [0.15, 0.2) is 5.13 Å². The van der Waals surface area contributed by atoms with Gasteiger partial charge in [-0.3, -0.25) is 0 Å². The lowest BCUT2D eigenvalue weighted by atomic mass is 10.5. The zero-order valence-electron chi connectivity index (χ0n) is 3.94. The molecule has 0 aliphatic carbocycles. The normalized spacial score (nSPS) is 9.43. The van der Waals surface area contributed by atoms with E-state index in [-0.39, 0.29) is 5.13 Å². The minimum atomic E-state index is -0.0995. The lowest BCUT2D eigenvalue weighted by molar-refractivity contribution is 0.657. The number of thiophene rings is 1. The fourth-order valence-electron chi connectivity index (χ4n) is 0.405. The molecule has 0 fully saturated rings. The molecule has 0 aliphatic heterocycles. The molecule has 0 atom stereocenters. The summed E-state index contributed by atoms with van der Waals surface area (Å²) >= 11 is 1.18. The number of aryl methyl sites for hydroxylation is 1. The van der Waals surface area contributed by atoms with Crippen LogP contribution in [0.3, 0.4) is 0 Å². The Kier molecular flexibility index (Phi) is 1.11. The van der Waals surface area contributed by atoms with Crippen LogP contribution >= 0.6 is 11.3 Å². The summed E-state index contributed by atoms with van der Waals surface area (Å²) in [6.45, 7) is 1.88. The van der Waals surface area contributed by atoms with Crippen molar-refractivity contribution in [2.75, 3.05) is 0 Å². The van der Waals surface area contributed by atoms with Crippen LogP contribution in [0.4, 0.5) is 4.39 Å². The summed E-state index contributed by atoms with van der Waals surface area (Å²) in [6.07, 6.45) is 0. The Balaban J connectivity index is 3.04. The van der Waals surface area contributed by atoms with E-state index in [1.165, 1.54) is 17.4 Å². The molecule has 0 amide bonds. The maximum Gasteiger partial charge on any atom is 0.176 e. The Morgan fingerprint density at radius 1 is 1.57 bits per heavy atom. The molecular formula is C5H5FS. The van der Waals surface area contributed by atoms with E-state index in [1.807, 2.05) is 6.92 Å². The van der Waals surface area contributed by atoms with Gasteiger partial charge in [0.05, 0.1) is 0 Å². The maximum absolute atomic E-state index is 11.9. The van der Waals surface area contributed by atoms with E-state index in [2.05, 4.69) is 0 Å². The molecule has 1 rings (SSSR count). The highest BCUT2D eigenvalue weighted by Crippen LogP contribution is 2.11. The van der Waals surface area contributed by atoms with E-state index in [1.54, 1.807) is 6.07 Å². The SMILES string of the molecule is Cc1ccc(F)s1. The first-order valence-electron chi connectivity index (χ1n) is 2.01. The third kappa shape index (κ3) is 0.996. The summed E-state index contributed by atoms with van der Waals surface area (Å²) in [5, 5.41) is -0.0995. The number of rotatable bonds is 0. The molecular weight excluding hydrogens is 111 g/mol. The average Bonchev–Trinajstić information content (AvgIpc) is 1.87. The lowest BCUT2D eigenvalue weighted by Crippen LogP contribution is -1.45. The van der Waals surface area contributed by atoms with Crippen LogP contribution in [0.15, 0.2) is 12.1 Å². The highest BCUT2D eigenvalue weighted by Gasteiger charge is 1.88. The van der Waals surface area contributed by atoms with Crippen molar-refractivity contribution in [2.24, 2.45) is 0 Å². The molecule has 1 aromatic rings. The number of hydrogen-bond donors (Lipinski definition) is 0. The molecule has 38 valence electrons. The van der Waals surface area contributed by atoms with Crippen molar-refractivity contribution in [3.63, 3.8) is 0 Å². The Bertz CT molecular complexity index is 140. The summed E-state index contributed by atoms with van der Waals surface area (Å²) in [4.78, 5) is 1.03. The zero-order valence-corrected chi connectivity index (χ0v) is 4.76. The molecule has 0 nitrogen and oxygen atoms in total. The first-order valence-corrected chi connectivity index (χ1v) is 2.82. The van der Waals surface area contributed by atoms with Crippen LogP contribution in [0, 0.1) is 12.1 Å². The highest BCUT2D eigenvalue weighted by atomic mass is 32.1. The summed E-state index contributed by atoms with van der Waals surface area (Å²) in [6, 6.07) is 3.24. The Morgan fingerprint density at radius 2 is 2.29 bits per heavy atom. The van der Waals surface area contributed by atoms with Crippen molar-refractivity contribution in [1.82, 2.24) is 0 Å². The number of hydrogen-bond acceptors (Lipinski definition) is 1. The monoisotopic (exact) mass is 116 g/mol. The topological polar surface area (TPSA) is 0 Å². The van der Waals surface area contributed by atoms with Crippen molar-refractivity contribution in [3.8, 4) is 0 Å². The van der Waals surface area contributed by atoms with Gasteiger partial charge in [-0.25, -0.2) is 0 Å². The molecule has 0 aromatic carbocycles. The minimum absolute atomic E-state index is 0.0995. The lowest BCUT2D eigenvalue weighted by Gasteiger charge is -1.68. The molecule has 0 radical (unpaired) electrons. The second-order valence-corrected chi connectivity index (χ2v) is 2.59. The van der Waals surface area contributed by atoms with Gasteiger partial charge in [-0.1, -0.05) is 0 Å². The number of halogens is 1. The second kappa shape index (κ2) is 1.62. The third-order valence-electron chi connectivity index (χ3n) is 0.708. The Hall–Kier alpha value is -0.370. The van der Waals surface area contributed by atoms with Gasteiger partial charge >= 0.3 is 0 Å². The summed E-state index contributed by atoms with van der Waals surface area (Å²) in [5.74, 6) is 0. The molecule has 0 saturated heterocycles. The Labute approximate surface area is 45.6 Å². The Morgan fingerprint density at radius 3 is 2.43 bits per heavy atom. The molecule has 0 aliphatic rings. The predicted molar refractivity (Wildman–Crippen MR) is 29.0 cm³/mol. The van der Waals surface area contributed by atoms with Gasteiger partial charge in [-0.15, -0.1) is 11.3 Å². The molecule has 0 unspecified atom stereocenters. The standard InChI is InChI=1S/C5H5FS/c1-4-2-3-5(6)7-4/h2-3H,1H3. The maximum atomic E-state index is 11.9. The van der Waals surface area contributed by atoms with Gasteiger partial charge in [0.25, 0.3) is 0 Å². The van der Waals surface area contributed by atoms with E-state index >= 15 is 0 Å². The van der Waals surface area contributed by atoms with E-state index in [0.29, 0.717) is 0 Å². The van der Waals surface area contributed by atoms with Crippen LogP contribution in [-0.4, -0.2) is 0 Å². The van der Waals surface area contributed by atoms with E-state index in [9.17, 15) is 4.39 Å². The van der Waals surface area contributed by atoms with Crippen LogP contribution < -0.4 is 0 Å². The summed E-state index contributed by atoms with van der Waals surface area (Å²) < 4.78 is 11.9. The molecule has 0 N–H and O–H groups in total. The largest absolute Gasteiger partial charge is 0.195 e. The molecule has 0 spiro atoms. The predicted octanol–water partition coefficient (Wildman–Crippen LogP) is 2.20. The summed E-state index contributed by atoms with van der Waals surface area (Å²) in [5.41, 5.74) is 0. The minimum Gasteiger partial charge on any atom is -0.195 e. The fourth-order valence-corrected chi connectivity index (χ4v) is 0.984. The van der Waals surface area contributed by atoms with Crippen molar-refractivity contribution < 1.29 is 4.39 Å². The van der Waals surface area contributed by atoms with Crippen LogP contribution in [-0.2, 0) is 0 Å². The van der Waals surface area contributed by atoms with E-state index in [4.69, 9.17) is 0 Å². The second-order valence-electron chi connectivity index (χ2n) is 1.35. The first kappa shape index (κ1) is 4.78.